The normalized spacial score (nSPS) is 13.0. The molecule has 2 unspecified atom stereocenters. The zero-order valence-electron chi connectivity index (χ0n) is 24.1. The van der Waals surface area contributed by atoms with Gasteiger partial charge in [0.05, 0.1) is 0 Å². The van der Waals surface area contributed by atoms with Gasteiger partial charge >= 0.3 is 11.9 Å². The third-order valence-corrected chi connectivity index (χ3v) is 7.37. The number of ether oxygens (including phenoxy) is 2. The number of phenolic OH excluding ortho intramolecular Hbond substituents is 1. The summed E-state index contributed by atoms with van der Waals surface area (Å²) in [5.41, 5.74) is 2.61. The first-order chi connectivity index (χ1) is 19.9. The lowest BCUT2D eigenvalue weighted by Crippen LogP contribution is -2.34. The topological polar surface area (TPSA) is 124 Å². The highest BCUT2D eigenvalue weighted by atomic mass is 32.2. The van der Waals surface area contributed by atoms with Gasteiger partial charge in [0.1, 0.15) is 29.5 Å². The van der Waals surface area contributed by atoms with Gasteiger partial charge in [0, 0.05) is 21.8 Å². The summed E-state index contributed by atoms with van der Waals surface area (Å²) in [5, 5.41) is 30.1. The van der Waals surface area contributed by atoms with Crippen molar-refractivity contribution in [3.63, 3.8) is 0 Å². The van der Waals surface area contributed by atoms with E-state index < -0.39 is 30.9 Å². The maximum absolute atomic E-state index is 13.0. The van der Waals surface area contributed by atoms with E-state index in [-0.39, 0.29) is 23.2 Å². The van der Waals surface area contributed by atoms with Gasteiger partial charge in [-0.3, -0.25) is 4.79 Å². The number of rotatable bonds is 11. The summed E-state index contributed by atoms with van der Waals surface area (Å²) >= 11 is 1.57. The van der Waals surface area contributed by atoms with Crippen LogP contribution in [0.1, 0.15) is 51.5 Å². The minimum atomic E-state index is -1.45. The zero-order valence-corrected chi connectivity index (χ0v) is 24.9. The summed E-state index contributed by atoms with van der Waals surface area (Å²) in [6.07, 6.45) is -2.44. The van der Waals surface area contributed by atoms with Gasteiger partial charge in [0.25, 0.3) is 0 Å². The Labute approximate surface area is 249 Å². The van der Waals surface area contributed by atoms with E-state index in [1.54, 1.807) is 30.0 Å². The average Bonchev–Trinajstić information content (AvgIpc) is 3.37. The van der Waals surface area contributed by atoms with Crippen LogP contribution in [0.2, 0.25) is 0 Å². The van der Waals surface area contributed by atoms with Crippen molar-refractivity contribution in [3.8, 4) is 5.75 Å². The summed E-state index contributed by atoms with van der Waals surface area (Å²) in [6.45, 7) is 10.6. The third kappa shape index (κ3) is 7.98. The first-order valence-corrected chi connectivity index (χ1v) is 14.3. The third-order valence-electron chi connectivity index (χ3n) is 6.38. The van der Waals surface area contributed by atoms with Gasteiger partial charge in [0.15, 0.2) is 0 Å². The predicted molar refractivity (Wildman–Crippen MR) is 160 cm³/mol. The predicted octanol–water partition coefficient (Wildman–Crippen LogP) is 5.74. The second kappa shape index (κ2) is 13.2. The van der Waals surface area contributed by atoms with Gasteiger partial charge in [-0.2, -0.15) is 0 Å². The molecule has 2 N–H and O–H groups in total. The molecule has 4 aromatic rings. The van der Waals surface area contributed by atoms with Gasteiger partial charge in [-0.1, -0.05) is 69.4 Å². The van der Waals surface area contributed by atoms with Gasteiger partial charge in [-0.05, 0) is 66.3 Å². The van der Waals surface area contributed by atoms with Crippen molar-refractivity contribution in [3.05, 3.63) is 90.0 Å². The van der Waals surface area contributed by atoms with Crippen molar-refractivity contribution in [2.45, 2.75) is 68.1 Å². The molecule has 1 heterocycles. The molecule has 0 spiro atoms. The van der Waals surface area contributed by atoms with Gasteiger partial charge in [-0.15, -0.1) is 15.0 Å². The first-order valence-electron chi connectivity index (χ1n) is 13.5. The molecule has 0 saturated carbocycles. The molecule has 9 nitrogen and oxygen atoms in total. The van der Waals surface area contributed by atoms with Gasteiger partial charge in [-0.25, -0.2) is 4.79 Å². The Kier molecular flexibility index (Phi) is 9.70. The average molecular weight is 590 g/mol. The van der Waals surface area contributed by atoms with Crippen molar-refractivity contribution in [1.29, 1.82) is 0 Å². The number of carbonyl (C=O) groups excluding carboxylic acids is 2. The lowest BCUT2D eigenvalue weighted by molar-refractivity contribution is -0.171. The highest BCUT2D eigenvalue weighted by Gasteiger charge is 2.29. The molecule has 0 aliphatic rings. The number of fused-ring (bicyclic) bond motifs is 1. The molecule has 1 aromatic heterocycles. The van der Waals surface area contributed by atoms with Crippen molar-refractivity contribution in [2.75, 3.05) is 6.61 Å². The van der Waals surface area contributed by atoms with Crippen LogP contribution in [0, 0.1) is 0 Å². The Morgan fingerprint density at radius 3 is 2.40 bits per heavy atom. The molecule has 0 saturated heterocycles. The van der Waals surface area contributed by atoms with E-state index in [1.165, 1.54) is 6.92 Å². The van der Waals surface area contributed by atoms with E-state index in [9.17, 15) is 19.8 Å². The summed E-state index contributed by atoms with van der Waals surface area (Å²) < 4.78 is 10.8. The van der Waals surface area contributed by atoms with E-state index in [2.05, 4.69) is 16.8 Å². The SMILES string of the molecule is C=C(C)C(=O)OCC(O)C(OC(=O)CCc1ccc(O)c(C(C)(C)C)c1)n1nc2ccc(Sc3ccccc3)cc2n1. The van der Waals surface area contributed by atoms with Crippen LogP contribution in [0.3, 0.4) is 0 Å². The summed E-state index contributed by atoms with van der Waals surface area (Å²) in [4.78, 5) is 28.1. The smallest absolute Gasteiger partial charge is 0.333 e. The molecule has 0 radical (unpaired) electrons. The fourth-order valence-electron chi connectivity index (χ4n) is 4.14. The lowest BCUT2D eigenvalue weighted by Gasteiger charge is -2.22. The van der Waals surface area contributed by atoms with Crippen LogP contribution < -0.4 is 0 Å². The molecule has 220 valence electrons. The van der Waals surface area contributed by atoms with Gasteiger partial charge < -0.3 is 19.7 Å². The molecule has 0 aliphatic heterocycles. The van der Waals surface area contributed by atoms with Crippen LogP contribution in [0.4, 0.5) is 0 Å². The number of hydrogen-bond acceptors (Lipinski definition) is 9. The standard InChI is InChI=1S/C32H35N3O6S/c1-20(2)31(39)40-19-28(37)30(41-29(38)16-12-21-11-15-27(36)24(17-21)32(3,4)5)35-33-25-14-13-23(18-26(25)34-35)42-22-9-7-6-8-10-22/h6-11,13-15,17-18,28,30,36-37H,1,12,16,19H2,2-5H3. The van der Waals surface area contributed by atoms with E-state index in [1.807, 2.05) is 69.3 Å². The Balaban J connectivity index is 1.53. The summed E-state index contributed by atoms with van der Waals surface area (Å²) in [6, 6.07) is 20.7. The Morgan fingerprint density at radius 2 is 1.71 bits per heavy atom. The minimum absolute atomic E-state index is 0.00177. The number of esters is 2. The van der Waals surface area contributed by atoms with Crippen molar-refractivity contribution in [2.24, 2.45) is 0 Å². The van der Waals surface area contributed by atoms with Crippen LogP contribution >= 0.6 is 11.8 Å². The lowest BCUT2D eigenvalue weighted by atomic mass is 9.85. The van der Waals surface area contributed by atoms with E-state index in [0.717, 1.165) is 25.7 Å². The van der Waals surface area contributed by atoms with E-state index in [4.69, 9.17) is 9.47 Å². The van der Waals surface area contributed by atoms with Crippen molar-refractivity contribution >= 4 is 34.7 Å². The largest absolute Gasteiger partial charge is 0.508 e. The van der Waals surface area contributed by atoms with Crippen LogP contribution in [-0.2, 0) is 30.9 Å². The second-order valence-corrected chi connectivity index (χ2v) is 12.2. The highest BCUT2D eigenvalue weighted by molar-refractivity contribution is 7.99. The number of aryl methyl sites for hydroxylation is 1. The van der Waals surface area contributed by atoms with Crippen LogP contribution in [-0.4, -0.2) is 49.9 Å². The molecule has 42 heavy (non-hydrogen) atoms. The number of nitrogens with zero attached hydrogens (tertiary/aromatic N) is 3. The van der Waals surface area contributed by atoms with Crippen LogP contribution in [0.5, 0.6) is 5.75 Å². The molecule has 3 aromatic carbocycles. The molecule has 0 fully saturated rings. The molecule has 4 rings (SSSR count). The monoisotopic (exact) mass is 589 g/mol. The molecule has 10 heteroatoms. The minimum Gasteiger partial charge on any atom is -0.508 e. The second-order valence-electron chi connectivity index (χ2n) is 11.0. The van der Waals surface area contributed by atoms with Crippen LogP contribution in [0.25, 0.3) is 11.0 Å². The molecular weight excluding hydrogens is 554 g/mol. The molecule has 0 amide bonds. The molecular formula is C32H35N3O6S. The quantitative estimate of drug-likeness (QED) is 0.166. The molecule has 2 atom stereocenters. The fraction of sp³-hybridized carbons (Fsp3) is 0.312. The van der Waals surface area contributed by atoms with E-state index in [0.29, 0.717) is 17.5 Å². The number of aromatic hydroxyl groups is 1. The number of phenols is 1. The Hall–Kier alpha value is -4.15. The number of aromatic nitrogens is 3. The highest BCUT2D eigenvalue weighted by Crippen LogP contribution is 2.32. The first kappa shape index (κ1) is 30.8. The number of benzene rings is 3. The van der Waals surface area contributed by atoms with Crippen molar-refractivity contribution in [1.82, 2.24) is 15.0 Å². The molecule has 0 aliphatic carbocycles. The van der Waals surface area contributed by atoms with E-state index >= 15 is 0 Å². The summed E-state index contributed by atoms with van der Waals surface area (Å²) in [5.74, 6) is -1.08. The number of aliphatic hydroxyl groups is 1. The summed E-state index contributed by atoms with van der Waals surface area (Å²) in [7, 11) is 0. The zero-order chi connectivity index (χ0) is 30.4. The maximum Gasteiger partial charge on any atom is 0.333 e. The Bertz CT molecular complexity index is 1580. The number of carbonyl (C=O) groups is 2. The number of hydrogen-bond donors (Lipinski definition) is 2. The number of aliphatic hydroxyl groups excluding tert-OH is 1. The maximum atomic E-state index is 13.0. The van der Waals surface area contributed by atoms with Gasteiger partial charge in [0.2, 0.25) is 6.23 Å². The Morgan fingerprint density at radius 1 is 1.00 bits per heavy atom. The van der Waals surface area contributed by atoms with Crippen molar-refractivity contribution < 1.29 is 29.3 Å². The molecule has 0 bridgehead atoms. The van der Waals surface area contributed by atoms with Crippen LogP contribution in [0.15, 0.2) is 88.7 Å². The fourth-order valence-corrected chi connectivity index (χ4v) is 5.01.